The number of amides is 1. The lowest BCUT2D eigenvalue weighted by molar-refractivity contribution is -0.115. The summed E-state index contributed by atoms with van der Waals surface area (Å²) in [5, 5.41) is 12.2. The number of benzene rings is 3. The van der Waals surface area contributed by atoms with E-state index in [0.717, 1.165) is 15.5 Å². The van der Waals surface area contributed by atoms with Gasteiger partial charge < -0.3 is 5.32 Å². The number of anilines is 1. The van der Waals surface area contributed by atoms with E-state index in [9.17, 15) is 9.59 Å². The highest BCUT2D eigenvalue weighted by Gasteiger charge is 2.21. The van der Waals surface area contributed by atoms with Gasteiger partial charge >= 0.3 is 0 Å². The first-order valence-electron chi connectivity index (χ1n) is 10.7. The van der Waals surface area contributed by atoms with Crippen LogP contribution >= 0.6 is 23.5 Å². The van der Waals surface area contributed by atoms with Crippen molar-refractivity contribution in [2.24, 2.45) is 7.05 Å². The number of rotatable bonds is 6. The second-order valence-electron chi connectivity index (χ2n) is 7.66. The third-order valence-corrected chi connectivity index (χ3v) is 7.49. The molecule has 0 saturated carbocycles. The summed E-state index contributed by atoms with van der Waals surface area (Å²) < 4.78 is 3.30. The third-order valence-electron chi connectivity index (χ3n) is 5.36. The van der Waals surface area contributed by atoms with Crippen molar-refractivity contribution in [3.8, 4) is 0 Å². The van der Waals surface area contributed by atoms with Gasteiger partial charge in [-0.15, -0.1) is 10.2 Å². The number of aryl methyl sites for hydroxylation is 1. The smallest absolute Gasteiger partial charge is 0.262 e. The Morgan fingerprint density at radius 2 is 1.65 bits per heavy atom. The molecule has 7 nitrogen and oxygen atoms in total. The highest BCUT2D eigenvalue weighted by molar-refractivity contribution is 8.00. The Morgan fingerprint density at radius 3 is 2.47 bits per heavy atom. The van der Waals surface area contributed by atoms with E-state index in [2.05, 4.69) is 15.5 Å². The predicted octanol–water partition coefficient (Wildman–Crippen LogP) is 4.85. The molecule has 0 bridgehead atoms. The van der Waals surface area contributed by atoms with Crippen LogP contribution in [0, 0.1) is 0 Å². The number of nitrogens with zero attached hydrogens (tertiary/aromatic N) is 4. The van der Waals surface area contributed by atoms with Crippen molar-refractivity contribution in [3.63, 3.8) is 0 Å². The van der Waals surface area contributed by atoms with E-state index in [1.165, 1.54) is 16.3 Å². The minimum absolute atomic E-state index is 0.134. The van der Waals surface area contributed by atoms with Crippen molar-refractivity contribution in [1.29, 1.82) is 0 Å². The minimum atomic E-state index is -0.446. The van der Waals surface area contributed by atoms with Gasteiger partial charge in [-0.05, 0) is 43.3 Å². The summed E-state index contributed by atoms with van der Waals surface area (Å²) in [4.78, 5) is 27.8. The first-order valence-corrected chi connectivity index (χ1v) is 12.3. The molecule has 0 aliphatic rings. The van der Waals surface area contributed by atoms with Gasteiger partial charge in [-0.3, -0.25) is 18.6 Å². The first-order chi connectivity index (χ1) is 16.5. The van der Waals surface area contributed by atoms with Crippen molar-refractivity contribution < 1.29 is 4.79 Å². The van der Waals surface area contributed by atoms with Crippen molar-refractivity contribution in [3.05, 3.63) is 89.2 Å². The molecule has 1 N–H and O–H groups in total. The topological polar surface area (TPSA) is 81.3 Å². The molecule has 170 valence electrons. The van der Waals surface area contributed by atoms with E-state index in [-0.39, 0.29) is 11.5 Å². The predicted molar refractivity (Wildman–Crippen MR) is 137 cm³/mol. The fourth-order valence-electron chi connectivity index (χ4n) is 3.61. The monoisotopic (exact) mass is 487 g/mol. The average Bonchev–Trinajstić information content (AvgIpc) is 3.28. The Labute approximate surface area is 204 Å². The normalized spacial score (nSPS) is 12.2. The molecule has 1 amide bonds. The van der Waals surface area contributed by atoms with E-state index in [1.807, 2.05) is 84.1 Å². The quantitative estimate of drug-likeness (QED) is 0.345. The summed E-state index contributed by atoms with van der Waals surface area (Å²) in [6.07, 6.45) is 0. The number of aromatic nitrogens is 4. The summed E-state index contributed by atoms with van der Waals surface area (Å²) >= 11 is 2.90. The third kappa shape index (κ3) is 4.20. The van der Waals surface area contributed by atoms with Crippen molar-refractivity contribution >= 4 is 51.8 Å². The molecule has 0 fully saturated rings. The molecule has 9 heteroatoms. The van der Waals surface area contributed by atoms with Gasteiger partial charge in [-0.2, -0.15) is 0 Å². The molecule has 0 saturated heterocycles. The van der Waals surface area contributed by atoms with Gasteiger partial charge in [0.15, 0.2) is 5.16 Å². The second kappa shape index (κ2) is 9.36. The Kier molecular flexibility index (Phi) is 6.12. The van der Waals surface area contributed by atoms with E-state index in [0.29, 0.717) is 21.8 Å². The lowest BCUT2D eigenvalue weighted by Gasteiger charge is -2.14. The van der Waals surface area contributed by atoms with E-state index < -0.39 is 5.25 Å². The first kappa shape index (κ1) is 22.2. The lowest BCUT2D eigenvalue weighted by atomic mass is 10.2. The van der Waals surface area contributed by atoms with Crippen LogP contribution in [-0.4, -0.2) is 30.3 Å². The van der Waals surface area contributed by atoms with Crippen molar-refractivity contribution in [2.45, 2.75) is 27.1 Å². The molecule has 5 rings (SSSR count). The Hall–Kier alpha value is -3.56. The van der Waals surface area contributed by atoms with Crippen LogP contribution in [0.1, 0.15) is 6.92 Å². The van der Waals surface area contributed by atoms with Gasteiger partial charge in [0.05, 0.1) is 21.8 Å². The highest BCUT2D eigenvalue weighted by atomic mass is 32.2. The van der Waals surface area contributed by atoms with E-state index in [4.69, 9.17) is 0 Å². The van der Waals surface area contributed by atoms with Gasteiger partial charge in [0.25, 0.3) is 5.56 Å². The second-order valence-corrected chi connectivity index (χ2v) is 10.1. The molecule has 0 aliphatic carbocycles. The largest absolute Gasteiger partial charge is 0.324 e. The van der Waals surface area contributed by atoms with Crippen LogP contribution in [0.25, 0.3) is 16.7 Å². The lowest BCUT2D eigenvalue weighted by Crippen LogP contribution is -2.23. The minimum Gasteiger partial charge on any atom is -0.324 e. The number of para-hydroxylation sites is 2. The maximum Gasteiger partial charge on any atom is 0.262 e. The molecular weight excluding hydrogens is 466 g/mol. The molecule has 3 aromatic carbocycles. The number of hydrogen-bond acceptors (Lipinski definition) is 6. The Morgan fingerprint density at radius 1 is 0.941 bits per heavy atom. The molecular formula is C25H21N5O2S2. The molecule has 0 radical (unpaired) electrons. The van der Waals surface area contributed by atoms with Gasteiger partial charge in [-0.25, -0.2) is 0 Å². The van der Waals surface area contributed by atoms with Gasteiger partial charge in [-0.1, -0.05) is 66.0 Å². The van der Waals surface area contributed by atoms with Crippen molar-refractivity contribution in [1.82, 2.24) is 19.2 Å². The Bertz CT molecular complexity index is 1560. The van der Waals surface area contributed by atoms with Crippen LogP contribution in [0.4, 0.5) is 5.69 Å². The SMILES string of the molecule is CC(Sc1nnc2n(C)c(=O)c3ccccc3n12)C(=O)Nc1ccccc1Sc1ccccc1. The van der Waals surface area contributed by atoms with E-state index >= 15 is 0 Å². The number of nitrogens with one attached hydrogen (secondary N) is 1. The molecule has 0 spiro atoms. The molecule has 2 heterocycles. The maximum absolute atomic E-state index is 13.1. The molecule has 1 unspecified atom stereocenters. The Balaban J connectivity index is 1.41. The number of thioether (sulfide) groups is 1. The molecule has 5 aromatic rings. The van der Waals surface area contributed by atoms with Crippen LogP contribution in [-0.2, 0) is 11.8 Å². The van der Waals surface area contributed by atoms with Crippen LogP contribution in [0.2, 0.25) is 0 Å². The summed E-state index contributed by atoms with van der Waals surface area (Å²) in [7, 11) is 1.67. The van der Waals surface area contributed by atoms with E-state index in [1.54, 1.807) is 24.9 Å². The zero-order valence-corrected chi connectivity index (χ0v) is 20.1. The average molecular weight is 488 g/mol. The van der Waals surface area contributed by atoms with Gasteiger partial charge in [0.1, 0.15) is 0 Å². The molecule has 2 aromatic heterocycles. The number of carbonyl (C=O) groups is 1. The number of carbonyl (C=O) groups excluding carboxylic acids is 1. The molecule has 34 heavy (non-hydrogen) atoms. The van der Waals surface area contributed by atoms with Crippen LogP contribution < -0.4 is 10.9 Å². The van der Waals surface area contributed by atoms with Crippen LogP contribution in [0.3, 0.4) is 0 Å². The summed E-state index contributed by atoms with van der Waals surface area (Å²) in [5.41, 5.74) is 1.34. The van der Waals surface area contributed by atoms with Gasteiger partial charge in [0, 0.05) is 16.8 Å². The highest BCUT2D eigenvalue weighted by Crippen LogP contribution is 2.34. The van der Waals surface area contributed by atoms with Crippen LogP contribution in [0.15, 0.2) is 98.6 Å². The zero-order valence-electron chi connectivity index (χ0n) is 18.5. The van der Waals surface area contributed by atoms with Crippen LogP contribution in [0.5, 0.6) is 0 Å². The molecule has 1 atom stereocenters. The molecule has 0 aliphatic heterocycles. The summed E-state index contributed by atoms with van der Waals surface area (Å²) in [6.45, 7) is 1.83. The van der Waals surface area contributed by atoms with Crippen molar-refractivity contribution in [2.75, 3.05) is 5.32 Å². The summed E-state index contributed by atoms with van der Waals surface area (Å²) in [5.74, 6) is 0.292. The zero-order chi connectivity index (χ0) is 23.7. The fraction of sp³-hybridized carbons (Fsp3) is 0.120. The fourth-order valence-corrected chi connectivity index (χ4v) is 5.39. The summed E-state index contributed by atoms with van der Waals surface area (Å²) in [6, 6.07) is 25.1. The van der Waals surface area contributed by atoms with Gasteiger partial charge in [0.2, 0.25) is 11.7 Å². The number of hydrogen-bond donors (Lipinski definition) is 1. The number of fused-ring (bicyclic) bond motifs is 3. The standard InChI is InChI=1S/C25H21N5O2S2/c1-16(22(31)26-19-13-7-9-15-21(19)34-17-10-4-3-5-11-17)33-25-28-27-24-29(2)23(32)18-12-6-8-14-20(18)30(24)25/h3-16H,1-2H3,(H,26,31). The maximum atomic E-state index is 13.1.